The Morgan fingerprint density at radius 3 is 2.20 bits per heavy atom. The second-order valence-electron chi connectivity index (χ2n) is 9.13. The van der Waals surface area contributed by atoms with Crippen LogP contribution in [0.3, 0.4) is 0 Å². The van der Waals surface area contributed by atoms with Crippen LogP contribution in [0.5, 0.6) is 5.75 Å². The number of nitrogens with one attached hydrogen (secondary N) is 1. The molecule has 0 bridgehead atoms. The zero-order valence-electron chi connectivity index (χ0n) is 20.8. The highest BCUT2D eigenvalue weighted by Crippen LogP contribution is 2.20. The minimum atomic E-state index is -0.714. The van der Waals surface area contributed by atoms with Crippen molar-refractivity contribution >= 4 is 23.4 Å². The Labute approximate surface area is 213 Å². The van der Waals surface area contributed by atoms with Gasteiger partial charge in [0.1, 0.15) is 11.8 Å². The lowest BCUT2D eigenvalue weighted by molar-refractivity contribution is -0.143. The van der Waals surface area contributed by atoms with Crippen molar-refractivity contribution in [2.24, 2.45) is 0 Å². The molecule has 0 aliphatic rings. The van der Waals surface area contributed by atoms with Crippen molar-refractivity contribution in [3.05, 3.63) is 100 Å². The van der Waals surface area contributed by atoms with E-state index in [-0.39, 0.29) is 31.0 Å². The summed E-state index contributed by atoms with van der Waals surface area (Å²) >= 11 is 6.21. The van der Waals surface area contributed by atoms with Crippen LogP contribution in [-0.2, 0) is 22.6 Å². The average Bonchev–Trinajstić information content (AvgIpc) is 2.79. The van der Waals surface area contributed by atoms with Gasteiger partial charge < -0.3 is 15.0 Å². The lowest BCUT2D eigenvalue weighted by Crippen LogP contribution is -2.52. The summed E-state index contributed by atoms with van der Waals surface area (Å²) < 4.78 is 5.88. The molecule has 0 radical (unpaired) electrons. The van der Waals surface area contributed by atoms with Gasteiger partial charge >= 0.3 is 0 Å². The summed E-state index contributed by atoms with van der Waals surface area (Å²) in [5.74, 6) is 0.152. The number of amides is 2. The number of carbonyl (C=O) groups is 2. The van der Waals surface area contributed by atoms with Gasteiger partial charge in [-0.1, -0.05) is 60.1 Å². The number of nitrogens with zero attached hydrogens (tertiary/aromatic N) is 1. The van der Waals surface area contributed by atoms with Gasteiger partial charge in [0.25, 0.3) is 5.91 Å². The van der Waals surface area contributed by atoms with E-state index in [0.29, 0.717) is 17.2 Å². The molecule has 0 aliphatic heterocycles. The number of hydrogen-bond donors (Lipinski definition) is 1. The van der Waals surface area contributed by atoms with E-state index in [1.54, 1.807) is 11.0 Å². The van der Waals surface area contributed by atoms with Crippen LogP contribution in [0.25, 0.3) is 0 Å². The summed E-state index contributed by atoms with van der Waals surface area (Å²) in [6.45, 7) is 7.84. The minimum Gasteiger partial charge on any atom is -0.484 e. The molecule has 3 aromatic carbocycles. The highest BCUT2D eigenvalue weighted by atomic mass is 35.5. The molecule has 0 fully saturated rings. The molecule has 5 nitrogen and oxygen atoms in total. The molecule has 2 amide bonds. The molecule has 1 N–H and O–H groups in total. The molecule has 35 heavy (non-hydrogen) atoms. The van der Waals surface area contributed by atoms with Crippen LogP contribution in [-0.4, -0.2) is 35.4 Å². The fourth-order valence-electron chi connectivity index (χ4n) is 4.01. The maximum atomic E-state index is 13.6. The third-order valence-corrected chi connectivity index (χ3v) is 5.74. The largest absolute Gasteiger partial charge is 0.484 e. The Bertz CT molecular complexity index is 1130. The van der Waals surface area contributed by atoms with Crippen molar-refractivity contribution in [1.29, 1.82) is 0 Å². The van der Waals surface area contributed by atoms with Crippen LogP contribution >= 0.6 is 11.6 Å². The predicted octanol–water partition coefficient (Wildman–Crippen LogP) is 5.50. The summed E-state index contributed by atoms with van der Waals surface area (Å²) in [4.78, 5) is 28.5. The number of hydrogen-bond acceptors (Lipinski definition) is 3. The summed E-state index contributed by atoms with van der Waals surface area (Å²) in [6.07, 6.45) is 0.384. The van der Waals surface area contributed by atoms with Gasteiger partial charge in [0, 0.05) is 24.0 Å². The fraction of sp³-hybridized carbons (Fsp3) is 0.310. The Morgan fingerprint density at radius 1 is 0.914 bits per heavy atom. The average molecular weight is 493 g/mol. The first-order valence-corrected chi connectivity index (χ1v) is 12.2. The molecule has 0 spiro atoms. The molecule has 0 saturated heterocycles. The van der Waals surface area contributed by atoms with E-state index in [1.807, 2.05) is 94.4 Å². The van der Waals surface area contributed by atoms with E-state index in [2.05, 4.69) is 5.32 Å². The molecule has 184 valence electrons. The smallest absolute Gasteiger partial charge is 0.261 e. The SMILES string of the molecule is Cc1cc(C)cc(OCC(=O)N(Cc2cccc(Cl)c2)[C@@H](Cc2ccccc2)C(=O)NC(C)C)c1. The Balaban J connectivity index is 1.92. The van der Waals surface area contributed by atoms with Gasteiger partial charge in [-0.25, -0.2) is 0 Å². The first-order chi connectivity index (χ1) is 16.7. The van der Waals surface area contributed by atoms with Crippen LogP contribution < -0.4 is 10.1 Å². The van der Waals surface area contributed by atoms with Crippen molar-refractivity contribution in [2.45, 2.75) is 52.7 Å². The molecule has 0 aromatic heterocycles. The van der Waals surface area contributed by atoms with Crippen LogP contribution in [0.1, 0.15) is 36.1 Å². The predicted molar refractivity (Wildman–Crippen MR) is 141 cm³/mol. The first kappa shape index (κ1) is 26.3. The third kappa shape index (κ3) is 8.15. The van der Waals surface area contributed by atoms with Gasteiger partial charge in [0.15, 0.2) is 6.61 Å². The number of halogens is 1. The fourth-order valence-corrected chi connectivity index (χ4v) is 4.22. The Kier molecular flexibility index (Phi) is 9.32. The quantitative estimate of drug-likeness (QED) is 0.406. The second-order valence-corrected chi connectivity index (χ2v) is 9.57. The zero-order chi connectivity index (χ0) is 25.4. The topological polar surface area (TPSA) is 58.6 Å². The van der Waals surface area contributed by atoms with Gasteiger partial charge in [0.05, 0.1) is 0 Å². The molecule has 0 unspecified atom stereocenters. The number of ether oxygens (including phenoxy) is 1. The number of aryl methyl sites for hydroxylation is 2. The number of rotatable bonds is 10. The van der Waals surface area contributed by atoms with Crippen LogP contribution in [0.15, 0.2) is 72.8 Å². The van der Waals surface area contributed by atoms with E-state index < -0.39 is 6.04 Å². The molecular formula is C29H33ClN2O3. The lowest BCUT2D eigenvalue weighted by Gasteiger charge is -2.32. The minimum absolute atomic E-state index is 0.0598. The maximum absolute atomic E-state index is 13.6. The van der Waals surface area contributed by atoms with E-state index in [1.165, 1.54) is 0 Å². The van der Waals surface area contributed by atoms with E-state index >= 15 is 0 Å². The zero-order valence-corrected chi connectivity index (χ0v) is 21.5. The van der Waals surface area contributed by atoms with Crippen molar-refractivity contribution in [3.8, 4) is 5.75 Å². The summed E-state index contributed by atoms with van der Waals surface area (Å²) in [6, 6.07) is 22.1. The van der Waals surface area contributed by atoms with Gasteiger partial charge in [0.2, 0.25) is 5.91 Å². The third-order valence-electron chi connectivity index (χ3n) is 5.50. The van der Waals surface area contributed by atoms with Crippen molar-refractivity contribution < 1.29 is 14.3 Å². The Morgan fingerprint density at radius 2 is 1.57 bits per heavy atom. The summed E-state index contributed by atoms with van der Waals surface area (Å²) in [5, 5.41) is 3.56. The van der Waals surface area contributed by atoms with Crippen molar-refractivity contribution in [1.82, 2.24) is 10.2 Å². The molecular weight excluding hydrogens is 460 g/mol. The van der Waals surface area contributed by atoms with Crippen molar-refractivity contribution in [2.75, 3.05) is 6.61 Å². The molecule has 1 atom stereocenters. The molecule has 3 rings (SSSR count). The Hall–Kier alpha value is -3.31. The monoisotopic (exact) mass is 492 g/mol. The standard InChI is InChI=1S/C29H33ClN2O3/c1-20(2)31-29(34)27(17-23-9-6-5-7-10-23)32(18-24-11-8-12-25(30)16-24)28(33)19-35-26-14-21(3)13-22(4)15-26/h5-16,20,27H,17-19H2,1-4H3,(H,31,34)/t27-/m0/s1. The highest BCUT2D eigenvalue weighted by Gasteiger charge is 2.31. The van der Waals surface area contributed by atoms with Gasteiger partial charge in [-0.15, -0.1) is 0 Å². The van der Waals surface area contributed by atoms with Gasteiger partial charge in [-0.05, 0) is 74.2 Å². The summed E-state index contributed by atoms with van der Waals surface area (Å²) in [5.41, 5.74) is 3.92. The van der Waals surface area contributed by atoms with Crippen LogP contribution in [0.2, 0.25) is 5.02 Å². The normalized spacial score (nSPS) is 11.7. The van der Waals surface area contributed by atoms with Crippen LogP contribution in [0, 0.1) is 13.8 Å². The highest BCUT2D eigenvalue weighted by molar-refractivity contribution is 6.30. The van der Waals surface area contributed by atoms with Crippen molar-refractivity contribution in [3.63, 3.8) is 0 Å². The van der Waals surface area contributed by atoms with E-state index in [9.17, 15) is 9.59 Å². The second kappa shape index (κ2) is 12.4. The summed E-state index contributed by atoms with van der Waals surface area (Å²) in [7, 11) is 0. The molecule has 3 aromatic rings. The number of carbonyl (C=O) groups excluding carboxylic acids is 2. The van der Waals surface area contributed by atoms with Crippen LogP contribution in [0.4, 0.5) is 0 Å². The molecule has 6 heteroatoms. The lowest BCUT2D eigenvalue weighted by atomic mass is 10.0. The molecule has 0 heterocycles. The molecule has 0 aliphatic carbocycles. The van der Waals surface area contributed by atoms with E-state index in [4.69, 9.17) is 16.3 Å². The van der Waals surface area contributed by atoms with E-state index in [0.717, 1.165) is 22.3 Å². The molecule has 0 saturated carbocycles. The number of benzene rings is 3. The van der Waals surface area contributed by atoms with Gasteiger partial charge in [-0.2, -0.15) is 0 Å². The maximum Gasteiger partial charge on any atom is 0.261 e. The van der Waals surface area contributed by atoms with Gasteiger partial charge in [-0.3, -0.25) is 9.59 Å². The first-order valence-electron chi connectivity index (χ1n) is 11.8.